The van der Waals surface area contributed by atoms with Crippen molar-refractivity contribution in [2.45, 2.75) is 26.4 Å². The summed E-state index contributed by atoms with van der Waals surface area (Å²) in [7, 11) is 0. The molecule has 0 saturated heterocycles. The van der Waals surface area contributed by atoms with E-state index in [0.717, 1.165) is 0 Å². The molecule has 0 aromatic heterocycles. The van der Waals surface area contributed by atoms with Crippen LogP contribution in [0.1, 0.15) is 20.8 Å². The second kappa shape index (κ2) is 5.49. The quantitative estimate of drug-likeness (QED) is 0.870. The van der Waals surface area contributed by atoms with Gasteiger partial charge in [-0.3, -0.25) is 4.79 Å². The van der Waals surface area contributed by atoms with E-state index in [0.29, 0.717) is 4.47 Å². The van der Waals surface area contributed by atoms with E-state index in [9.17, 15) is 9.18 Å². The lowest BCUT2D eigenvalue weighted by Crippen LogP contribution is -2.28. The van der Waals surface area contributed by atoms with Gasteiger partial charge in [0.05, 0.1) is 5.69 Å². The zero-order valence-electron chi connectivity index (χ0n) is 10.0. The van der Waals surface area contributed by atoms with Gasteiger partial charge in [0.2, 0.25) is 0 Å². The number of esters is 1. The van der Waals surface area contributed by atoms with Crippen LogP contribution in [0.4, 0.5) is 10.1 Å². The number of anilines is 1. The molecule has 0 aliphatic heterocycles. The molecule has 0 radical (unpaired) electrons. The smallest absolute Gasteiger partial charge is 0.325 e. The number of halogens is 2. The molecule has 0 bridgehead atoms. The Morgan fingerprint density at radius 1 is 1.47 bits per heavy atom. The van der Waals surface area contributed by atoms with Crippen LogP contribution in [0.15, 0.2) is 22.7 Å². The second-order valence-corrected chi connectivity index (χ2v) is 5.48. The summed E-state index contributed by atoms with van der Waals surface area (Å²) in [5, 5.41) is 2.69. The lowest BCUT2D eigenvalue weighted by atomic mass is 10.2. The van der Waals surface area contributed by atoms with E-state index in [4.69, 9.17) is 4.74 Å². The summed E-state index contributed by atoms with van der Waals surface area (Å²) < 4.78 is 19.1. The van der Waals surface area contributed by atoms with Crippen LogP contribution in [-0.2, 0) is 9.53 Å². The average Bonchev–Trinajstić information content (AvgIpc) is 2.13. The molecule has 0 unspecified atom stereocenters. The average molecular weight is 304 g/mol. The SMILES string of the molecule is CC(C)(C)OC(=O)CNc1ccc(Br)cc1F. The lowest BCUT2D eigenvalue weighted by Gasteiger charge is -2.19. The number of hydrogen-bond donors (Lipinski definition) is 1. The maximum absolute atomic E-state index is 13.4. The minimum Gasteiger partial charge on any atom is -0.459 e. The predicted octanol–water partition coefficient (Wildman–Crippen LogP) is 3.34. The number of nitrogens with one attached hydrogen (secondary N) is 1. The van der Waals surface area contributed by atoms with E-state index in [1.807, 2.05) is 0 Å². The lowest BCUT2D eigenvalue weighted by molar-refractivity contribution is -0.152. The Hall–Kier alpha value is -1.10. The summed E-state index contributed by atoms with van der Waals surface area (Å²) >= 11 is 3.16. The van der Waals surface area contributed by atoms with E-state index >= 15 is 0 Å². The first-order valence-electron chi connectivity index (χ1n) is 5.19. The first kappa shape index (κ1) is 14.0. The molecule has 0 atom stereocenters. The van der Waals surface area contributed by atoms with Crippen molar-refractivity contribution in [3.8, 4) is 0 Å². The Balaban J connectivity index is 2.53. The van der Waals surface area contributed by atoms with Gasteiger partial charge in [0.15, 0.2) is 0 Å². The van der Waals surface area contributed by atoms with E-state index in [1.165, 1.54) is 6.07 Å². The molecule has 0 amide bonds. The fraction of sp³-hybridized carbons (Fsp3) is 0.417. The normalized spacial score (nSPS) is 11.1. The molecule has 1 rings (SSSR count). The molecule has 3 nitrogen and oxygen atoms in total. The van der Waals surface area contributed by atoms with Gasteiger partial charge in [-0.1, -0.05) is 15.9 Å². The van der Waals surface area contributed by atoms with Crippen LogP contribution < -0.4 is 5.32 Å². The molecular weight excluding hydrogens is 289 g/mol. The maximum atomic E-state index is 13.4. The van der Waals surface area contributed by atoms with E-state index in [-0.39, 0.29) is 12.2 Å². The van der Waals surface area contributed by atoms with Crippen LogP contribution in [0.2, 0.25) is 0 Å². The number of carbonyl (C=O) groups is 1. The van der Waals surface area contributed by atoms with Crippen molar-refractivity contribution in [3.63, 3.8) is 0 Å². The van der Waals surface area contributed by atoms with Gasteiger partial charge in [-0.15, -0.1) is 0 Å². The summed E-state index contributed by atoms with van der Waals surface area (Å²) in [5.74, 6) is -0.831. The summed E-state index contributed by atoms with van der Waals surface area (Å²) in [4.78, 5) is 11.4. The molecular formula is C12H15BrFNO2. The van der Waals surface area contributed by atoms with Crippen molar-refractivity contribution in [2.75, 3.05) is 11.9 Å². The van der Waals surface area contributed by atoms with Crippen molar-refractivity contribution in [3.05, 3.63) is 28.5 Å². The maximum Gasteiger partial charge on any atom is 0.325 e. The fourth-order valence-electron chi connectivity index (χ4n) is 1.18. The fourth-order valence-corrected chi connectivity index (χ4v) is 1.51. The van der Waals surface area contributed by atoms with Crippen LogP contribution in [0.5, 0.6) is 0 Å². The van der Waals surface area contributed by atoms with Gasteiger partial charge in [0.1, 0.15) is 18.0 Å². The van der Waals surface area contributed by atoms with Gasteiger partial charge in [-0.25, -0.2) is 4.39 Å². The van der Waals surface area contributed by atoms with Crippen molar-refractivity contribution in [1.29, 1.82) is 0 Å². The topological polar surface area (TPSA) is 38.3 Å². The van der Waals surface area contributed by atoms with Gasteiger partial charge in [0, 0.05) is 4.47 Å². The Labute approximate surface area is 108 Å². The van der Waals surface area contributed by atoms with Crippen molar-refractivity contribution in [1.82, 2.24) is 0 Å². The van der Waals surface area contributed by atoms with E-state index in [2.05, 4.69) is 21.2 Å². The van der Waals surface area contributed by atoms with Gasteiger partial charge < -0.3 is 10.1 Å². The molecule has 0 saturated carbocycles. The summed E-state index contributed by atoms with van der Waals surface area (Å²) in [5.41, 5.74) is -0.254. The molecule has 17 heavy (non-hydrogen) atoms. The highest BCUT2D eigenvalue weighted by molar-refractivity contribution is 9.10. The highest BCUT2D eigenvalue weighted by Gasteiger charge is 2.16. The first-order chi connectivity index (χ1) is 7.78. The molecule has 1 aromatic rings. The van der Waals surface area contributed by atoms with Crippen molar-refractivity contribution >= 4 is 27.6 Å². The molecule has 0 fully saturated rings. The van der Waals surface area contributed by atoms with Gasteiger partial charge >= 0.3 is 5.97 Å². The number of ether oxygens (including phenoxy) is 1. The summed E-state index contributed by atoms with van der Waals surface area (Å²) in [6, 6.07) is 4.59. The monoisotopic (exact) mass is 303 g/mol. The van der Waals surface area contributed by atoms with Crippen LogP contribution in [0.3, 0.4) is 0 Å². The number of hydrogen-bond acceptors (Lipinski definition) is 3. The highest BCUT2D eigenvalue weighted by Crippen LogP contribution is 2.19. The van der Waals surface area contributed by atoms with Crippen LogP contribution in [0.25, 0.3) is 0 Å². The Bertz CT molecular complexity index is 415. The Morgan fingerprint density at radius 3 is 2.65 bits per heavy atom. The Kier molecular flexibility index (Phi) is 4.51. The first-order valence-corrected chi connectivity index (χ1v) is 5.98. The molecule has 1 aromatic carbocycles. The molecule has 0 heterocycles. The van der Waals surface area contributed by atoms with Crippen LogP contribution >= 0.6 is 15.9 Å². The van der Waals surface area contributed by atoms with Crippen LogP contribution in [-0.4, -0.2) is 18.1 Å². The van der Waals surface area contributed by atoms with Gasteiger partial charge in [0.25, 0.3) is 0 Å². The zero-order chi connectivity index (χ0) is 13.1. The number of carbonyl (C=O) groups excluding carboxylic acids is 1. The van der Waals surface area contributed by atoms with Crippen molar-refractivity contribution < 1.29 is 13.9 Å². The highest BCUT2D eigenvalue weighted by atomic mass is 79.9. The molecule has 0 aliphatic rings. The number of benzene rings is 1. The minimum atomic E-state index is -0.531. The Morgan fingerprint density at radius 2 is 2.12 bits per heavy atom. The third kappa shape index (κ3) is 5.17. The number of rotatable bonds is 3. The van der Waals surface area contributed by atoms with Gasteiger partial charge in [-0.2, -0.15) is 0 Å². The molecule has 0 aliphatic carbocycles. The molecule has 5 heteroatoms. The molecule has 0 spiro atoms. The van der Waals surface area contributed by atoms with E-state index in [1.54, 1.807) is 32.9 Å². The summed E-state index contributed by atoms with van der Waals surface area (Å²) in [6.07, 6.45) is 0. The molecule has 94 valence electrons. The zero-order valence-corrected chi connectivity index (χ0v) is 11.6. The van der Waals surface area contributed by atoms with Crippen molar-refractivity contribution in [2.24, 2.45) is 0 Å². The predicted molar refractivity (Wildman–Crippen MR) is 68.4 cm³/mol. The minimum absolute atomic E-state index is 0.0597. The standard InChI is InChI=1S/C12H15BrFNO2/c1-12(2,3)17-11(16)7-15-10-5-4-8(13)6-9(10)14/h4-6,15H,7H2,1-3H3. The third-order valence-corrected chi connectivity index (χ3v) is 2.27. The van der Waals surface area contributed by atoms with Gasteiger partial charge in [-0.05, 0) is 39.0 Å². The third-order valence-electron chi connectivity index (χ3n) is 1.77. The largest absolute Gasteiger partial charge is 0.459 e. The second-order valence-electron chi connectivity index (χ2n) is 4.56. The van der Waals surface area contributed by atoms with Crippen LogP contribution in [0, 0.1) is 5.82 Å². The molecule has 1 N–H and O–H groups in total. The summed E-state index contributed by atoms with van der Waals surface area (Å²) in [6.45, 7) is 5.29. The van der Waals surface area contributed by atoms with E-state index < -0.39 is 17.4 Å².